The molecule has 3 amide bonds. The third-order valence-electron chi connectivity index (χ3n) is 5.12. The zero-order valence-electron chi connectivity index (χ0n) is 16.2. The van der Waals surface area contributed by atoms with E-state index in [0.717, 1.165) is 10.9 Å². The van der Waals surface area contributed by atoms with Crippen molar-refractivity contribution >= 4 is 45.9 Å². The van der Waals surface area contributed by atoms with E-state index in [1.165, 1.54) is 0 Å². The van der Waals surface area contributed by atoms with Crippen LogP contribution in [0, 0.1) is 0 Å². The van der Waals surface area contributed by atoms with Crippen LogP contribution in [0.5, 0.6) is 0 Å². The number of para-hydroxylation sites is 1. The fourth-order valence-corrected chi connectivity index (χ4v) is 3.71. The van der Waals surface area contributed by atoms with Gasteiger partial charge in [-0.3, -0.25) is 14.4 Å². The van der Waals surface area contributed by atoms with Crippen LogP contribution in [0.4, 0.5) is 5.69 Å². The molecule has 0 saturated heterocycles. The Balaban J connectivity index is 1.28. The van der Waals surface area contributed by atoms with Gasteiger partial charge in [-0.25, -0.2) is 0 Å². The Morgan fingerprint density at radius 2 is 1.97 bits per heavy atom. The molecule has 0 radical (unpaired) electrons. The quantitative estimate of drug-likeness (QED) is 0.568. The number of benzene rings is 2. The molecular formula is C22H21ClN4O3. The van der Waals surface area contributed by atoms with Gasteiger partial charge in [0.15, 0.2) is 0 Å². The highest BCUT2D eigenvalue weighted by atomic mass is 35.5. The van der Waals surface area contributed by atoms with E-state index in [4.69, 9.17) is 11.6 Å². The van der Waals surface area contributed by atoms with Crippen molar-refractivity contribution in [1.82, 2.24) is 15.2 Å². The second-order valence-electron chi connectivity index (χ2n) is 7.16. The summed E-state index contributed by atoms with van der Waals surface area (Å²) in [5.74, 6) is -0.822. The average molecular weight is 425 g/mol. The maximum atomic E-state index is 12.4. The van der Waals surface area contributed by atoms with Gasteiger partial charge in [-0.2, -0.15) is 0 Å². The van der Waals surface area contributed by atoms with Gasteiger partial charge in [-0.05, 0) is 42.1 Å². The number of halogens is 1. The Morgan fingerprint density at radius 1 is 1.13 bits per heavy atom. The molecule has 1 aromatic heterocycles. The Kier molecular flexibility index (Phi) is 5.72. The third-order valence-corrected chi connectivity index (χ3v) is 5.36. The van der Waals surface area contributed by atoms with Gasteiger partial charge in [0.25, 0.3) is 5.91 Å². The van der Waals surface area contributed by atoms with Crippen LogP contribution in [-0.4, -0.2) is 34.9 Å². The summed E-state index contributed by atoms with van der Waals surface area (Å²) < 4.78 is 2.03. The number of nitrogens with one attached hydrogen (secondary N) is 3. The second kappa shape index (κ2) is 8.59. The number of anilines is 1. The minimum Gasteiger partial charge on any atom is -0.354 e. The first-order chi connectivity index (χ1) is 14.5. The SMILES string of the molecule is O=C(CC[C@@H]1NC(=O)c2ccccc2NC1=O)NCCn1ccc2ccc(Cl)cc21. The standard InChI is InChI=1S/C22H21ClN4O3/c23-15-6-5-14-9-11-27(19(14)13-15)12-10-24-20(28)8-7-18-22(30)25-17-4-2-1-3-16(17)21(29)26-18/h1-6,9,11,13,18H,7-8,10,12H2,(H,24,28)(H,25,30)(H,26,29)/t18-/m0/s1. The molecule has 8 heteroatoms. The van der Waals surface area contributed by atoms with Gasteiger partial charge in [0.05, 0.1) is 11.3 Å². The molecule has 0 bridgehead atoms. The van der Waals surface area contributed by atoms with E-state index in [2.05, 4.69) is 16.0 Å². The lowest BCUT2D eigenvalue weighted by atomic mass is 10.1. The van der Waals surface area contributed by atoms with E-state index in [0.29, 0.717) is 29.4 Å². The normalized spacial score (nSPS) is 15.8. The molecule has 3 N–H and O–H groups in total. The number of carbonyl (C=O) groups is 3. The Morgan fingerprint density at radius 3 is 2.83 bits per heavy atom. The van der Waals surface area contributed by atoms with E-state index in [9.17, 15) is 14.4 Å². The molecule has 1 atom stereocenters. The van der Waals surface area contributed by atoms with Gasteiger partial charge < -0.3 is 20.5 Å². The number of nitrogens with zero attached hydrogens (tertiary/aromatic N) is 1. The van der Waals surface area contributed by atoms with Crippen molar-refractivity contribution in [3.05, 3.63) is 65.3 Å². The summed E-state index contributed by atoms with van der Waals surface area (Å²) in [7, 11) is 0. The molecular weight excluding hydrogens is 404 g/mol. The molecule has 7 nitrogen and oxygen atoms in total. The van der Waals surface area contributed by atoms with E-state index in [1.54, 1.807) is 24.3 Å². The first-order valence-corrected chi connectivity index (χ1v) is 10.1. The van der Waals surface area contributed by atoms with E-state index < -0.39 is 6.04 Å². The molecule has 1 aliphatic rings. The van der Waals surface area contributed by atoms with Crippen molar-refractivity contribution in [2.24, 2.45) is 0 Å². The van der Waals surface area contributed by atoms with Crippen LogP contribution >= 0.6 is 11.6 Å². The van der Waals surface area contributed by atoms with E-state index in [-0.39, 0.29) is 30.6 Å². The number of hydrogen-bond acceptors (Lipinski definition) is 3. The summed E-state index contributed by atoms with van der Waals surface area (Å²) in [6.45, 7) is 1.05. The molecule has 4 rings (SSSR count). The number of amides is 3. The van der Waals surface area contributed by atoms with E-state index >= 15 is 0 Å². The molecule has 154 valence electrons. The number of carbonyl (C=O) groups excluding carboxylic acids is 3. The van der Waals surface area contributed by atoms with Crippen molar-refractivity contribution in [3.8, 4) is 0 Å². The molecule has 3 aromatic rings. The Labute approximate surface area is 178 Å². The predicted octanol–water partition coefficient (Wildman–Crippen LogP) is 2.94. The molecule has 1 aliphatic heterocycles. The zero-order valence-corrected chi connectivity index (χ0v) is 16.9. The summed E-state index contributed by atoms with van der Waals surface area (Å²) in [4.78, 5) is 36.9. The molecule has 0 unspecified atom stereocenters. The number of rotatable bonds is 6. The second-order valence-corrected chi connectivity index (χ2v) is 7.60. The highest BCUT2D eigenvalue weighted by molar-refractivity contribution is 6.31. The zero-order chi connectivity index (χ0) is 21.1. The number of aromatic nitrogens is 1. The van der Waals surface area contributed by atoms with Crippen LogP contribution in [-0.2, 0) is 16.1 Å². The monoisotopic (exact) mass is 424 g/mol. The largest absolute Gasteiger partial charge is 0.354 e. The van der Waals surface area contributed by atoms with Gasteiger partial charge in [-0.15, -0.1) is 0 Å². The molecule has 0 saturated carbocycles. The Hall–Kier alpha value is -3.32. The van der Waals surface area contributed by atoms with Gasteiger partial charge in [0.1, 0.15) is 6.04 Å². The lowest BCUT2D eigenvalue weighted by Gasteiger charge is -2.14. The molecule has 30 heavy (non-hydrogen) atoms. The fourth-order valence-electron chi connectivity index (χ4n) is 3.55. The third kappa shape index (κ3) is 4.31. The van der Waals surface area contributed by atoms with Gasteiger partial charge in [0.2, 0.25) is 11.8 Å². The van der Waals surface area contributed by atoms with Crippen LogP contribution in [0.25, 0.3) is 10.9 Å². The molecule has 0 spiro atoms. The topological polar surface area (TPSA) is 92.2 Å². The first kappa shape index (κ1) is 20.0. The van der Waals surface area contributed by atoms with Crippen molar-refractivity contribution in [1.29, 1.82) is 0 Å². The van der Waals surface area contributed by atoms with Crippen LogP contribution in [0.3, 0.4) is 0 Å². The van der Waals surface area contributed by atoms with Crippen molar-refractivity contribution in [2.75, 3.05) is 11.9 Å². The van der Waals surface area contributed by atoms with Crippen LogP contribution in [0.2, 0.25) is 5.02 Å². The number of fused-ring (bicyclic) bond motifs is 2. The fraction of sp³-hybridized carbons (Fsp3) is 0.227. The lowest BCUT2D eigenvalue weighted by molar-refractivity contribution is -0.121. The number of hydrogen-bond donors (Lipinski definition) is 3. The highest BCUT2D eigenvalue weighted by Gasteiger charge is 2.27. The highest BCUT2D eigenvalue weighted by Crippen LogP contribution is 2.21. The van der Waals surface area contributed by atoms with Crippen LogP contribution in [0.1, 0.15) is 23.2 Å². The smallest absolute Gasteiger partial charge is 0.254 e. The van der Waals surface area contributed by atoms with Crippen molar-refractivity contribution < 1.29 is 14.4 Å². The average Bonchev–Trinajstić information content (AvgIpc) is 3.07. The van der Waals surface area contributed by atoms with Crippen LogP contribution < -0.4 is 16.0 Å². The molecule has 0 fully saturated rings. The van der Waals surface area contributed by atoms with Gasteiger partial charge in [0, 0.05) is 36.2 Å². The minimum atomic E-state index is -0.758. The van der Waals surface area contributed by atoms with Crippen molar-refractivity contribution in [3.63, 3.8) is 0 Å². The first-order valence-electron chi connectivity index (χ1n) is 9.73. The minimum absolute atomic E-state index is 0.132. The van der Waals surface area contributed by atoms with Crippen LogP contribution in [0.15, 0.2) is 54.7 Å². The summed E-state index contributed by atoms with van der Waals surface area (Å²) in [5, 5.41) is 10.0. The lowest BCUT2D eigenvalue weighted by Crippen LogP contribution is -2.42. The van der Waals surface area contributed by atoms with Gasteiger partial charge in [-0.1, -0.05) is 29.8 Å². The molecule has 0 aliphatic carbocycles. The summed E-state index contributed by atoms with van der Waals surface area (Å²) in [6, 6.07) is 13.8. The van der Waals surface area contributed by atoms with Gasteiger partial charge >= 0.3 is 0 Å². The summed E-state index contributed by atoms with van der Waals surface area (Å²) >= 11 is 6.06. The van der Waals surface area contributed by atoms with Crippen molar-refractivity contribution in [2.45, 2.75) is 25.4 Å². The Bertz CT molecular complexity index is 1120. The maximum absolute atomic E-state index is 12.4. The summed E-state index contributed by atoms with van der Waals surface area (Å²) in [5.41, 5.74) is 1.90. The summed E-state index contributed by atoms with van der Waals surface area (Å²) in [6.07, 6.45) is 2.31. The maximum Gasteiger partial charge on any atom is 0.254 e. The van der Waals surface area contributed by atoms with E-state index in [1.807, 2.05) is 35.0 Å². The predicted molar refractivity (Wildman–Crippen MR) is 116 cm³/mol. The molecule has 2 aromatic carbocycles. The molecule has 2 heterocycles.